The van der Waals surface area contributed by atoms with E-state index in [4.69, 9.17) is 0 Å². The summed E-state index contributed by atoms with van der Waals surface area (Å²) in [6, 6.07) is 0. The van der Waals surface area contributed by atoms with Gasteiger partial charge in [0.25, 0.3) is 0 Å². The van der Waals surface area contributed by atoms with Crippen molar-refractivity contribution >= 4 is 11.6 Å². The third-order valence-electron chi connectivity index (χ3n) is 9.00. The molecule has 232 valence electrons. The average Bonchev–Trinajstić information content (AvgIpc) is 2.92. The zero-order valence-electron chi connectivity index (χ0n) is 27.6. The molecule has 0 fully saturated rings. The number of likely N-dealkylation sites (N-methyl/N-ethyl adjacent to an activating group) is 1. The van der Waals surface area contributed by atoms with Crippen LogP contribution in [-0.2, 0) is 9.59 Å². The number of nitrogens with zero attached hydrogens (tertiary/aromatic N) is 1. The molecular formula is C36H71NO2. The highest BCUT2D eigenvalue weighted by Crippen LogP contribution is 2.23. The van der Waals surface area contributed by atoms with Crippen molar-refractivity contribution in [3.63, 3.8) is 0 Å². The van der Waals surface area contributed by atoms with Crippen LogP contribution in [0.3, 0.4) is 0 Å². The molecule has 0 N–H and O–H groups in total. The zero-order chi connectivity index (χ0) is 29.0. The van der Waals surface area contributed by atoms with Crippen LogP contribution in [0.2, 0.25) is 0 Å². The van der Waals surface area contributed by atoms with E-state index in [-0.39, 0.29) is 11.6 Å². The molecule has 0 rings (SSSR count). The van der Waals surface area contributed by atoms with Gasteiger partial charge in [-0.15, -0.1) is 0 Å². The molecule has 0 aliphatic heterocycles. The number of hydrogen-bond acceptors (Lipinski definition) is 3. The molecule has 0 bridgehead atoms. The lowest BCUT2D eigenvalue weighted by Crippen LogP contribution is -2.54. The number of Topliss-reactive ketones (excluding diaryl/α,β-unsaturated/α-hetero) is 2. The topological polar surface area (TPSA) is 37.4 Å². The molecule has 0 atom stereocenters. The van der Waals surface area contributed by atoms with E-state index in [0.717, 1.165) is 25.7 Å². The fourth-order valence-corrected chi connectivity index (χ4v) is 5.75. The van der Waals surface area contributed by atoms with Gasteiger partial charge < -0.3 is 0 Å². The van der Waals surface area contributed by atoms with E-state index in [9.17, 15) is 9.59 Å². The van der Waals surface area contributed by atoms with Crippen LogP contribution in [0.1, 0.15) is 201 Å². The van der Waals surface area contributed by atoms with E-state index in [0.29, 0.717) is 12.8 Å². The van der Waals surface area contributed by atoms with E-state index >= 15 is 0 Å². The largest absolute Gasteiger partial charge is 0.297 e. The molecule has 0 radical (unpaired) electrons. The van der Waals surface area contributed by atoms with Crippen LogP contribution in [0.25, 0.3) is 0 Å². The Kier molecular flexibility index (Phi) is 27.0. The maximum Gasteiger partial charge on any atom is 0.160 e. The molecule has 3 heteroatoms. The summed E-state index contributed by atoms with van der Waals surface area (Å²) in [6.07, 6.45) is 35.0. The van der Waals surface area contributed by atoms with Crippen molar-refractivity contribution in [3.05, 3.63) is 0 Å². The van der Waals surface area contributed by atoms with Crippen molar-refractivity contribution in [1.82, 2.24) is 4.90 Å². The number of carbonyl (C=O) groups excluding carboxylic acids is 2. The Bertz CT molecular complexity index is 514. The normalized spacial score (nSPS) is 11.9. The van der Waals surface area contributed by atoms with E-state index in [1.807, 2.05) is 25.9 Å². The Hall–Kier alpha value is -0.700. The van der Waals surface area contributed by atoms with Crippen LogP contribution < -0.4 is 0 Å². The molecule has 0 heterocycles. The van der Waals surface area contributed by atoms with Gasteiger partial charge in [0, 0.05) is 12.8 Å². The van der Waals surface area contributed by atoms with Crippen LogP contribution in [0.5, 0.6) is 0 Å². The third kappa shape index (κ3) is 20.8. The molecule has 0 spiro atoms. The van der Waals surface area contributed by atoms with Crippen molar-refractivity contribution in [3.8, 4) is 0 Å². The second-order valence-corrected chi connectivity index (χ2v) is 12.8. The van der Waals surface area contributed by atoms with E-state index in [1.54, 1.807) is 0 Å². The van der Waals surface area contributed by atoms with Crippen molar-refractivity contribution < 1.29 is 9.59 Å². The molecule has 0 aromatic carbocycles. The van der Waals surface area contributed by atoms with Gasteiger partial charge >= 0.3 is 0 Å². The molecule has 0 aromatic rings. The van der Waals surface area contributed by atoms with Crippen molar-refractivity contribution in [1.29, 1.82) is 0 Å². The Labute approximate surface area is 246 Å². The predicted molar refractivity (Wildman–Crippen MR) is 173 cm³/mol. The summed E-state index contributed by atoms with van der Waals surface area (Å²) in [4.78, 5) is 28.1. The number of carbonyl (C=O) groups is 2. The lowest BCUT2D eigenvalue weighted by molar-refractivity contribution is -0.141. The molecule has 0 amide bonds. The number of rotatable bonds is 31. The van der Waals surface area contributed by atoms with Gasteiger partial charge in [-0.25, -0.2) is 0 Å². The monoisotopic (exact) mass is 550 g/mol. The van der Waals surface area contributed by atoms with Gasteiger partial charge in [-0.3, -0.25) is 14.5 Å². The molecule has 0 aromatic heterocycles. The van der Waals surface area contributed by atoms with Crippen LogP contribution >= 0.6 is 0 Å². The first kappa shape index (κ1) is 38.3. The third-order valence-corrected chi connectivity index (χ3v) is 9.00. The van der Waals surface area contributed by atoms with Crippen molar-refractivity contribution in [2.45, 2.75) is 206 Å². The lowest BCUT2D eigenvalue weighted by Gasteiger charge is -2.33. The number of ketones is 2. The van der Waals surface area contributed by atoms with Gasteiger partial charge in [0.15, 0.2) is 11.6 Å². The fraction of sp³-hybridized carbons (Fsp3) is 0.944. The Morgan fingerprint density at radius 2 is 0.615 bits per heavy atom. The van der Waals surface area contributed by atoms with E-state index in [2.05, 4.69) is 13.8 Å². The molecular weight excluding hydrogens is 478 g/mol. The molecule has 0 unspecified atom stereocenters. The lowest BCUT2D eigenvalue weighted by atomic mass is 9.84. The average molecular weight is 550 g/mol. The second-order valence-electron chi connectivity index (χ2n) is 12.8. The molecule has 3 nitrogen and oxygen atoms in total. The van der Waals surface area contributed by atoms with Gasteiger partial charge in [0.2, 0.25) is 0 Å². The van der Waals surface area contributed by atoms with Gasteiger partial charge in [-0.05, 0) is 33.9 Å². The van der Waals surface area contributed by atoms with Gasteiger partial charge in [0.1, 0.15) is 5.54 Å². The first-order valence-corrected chi connectivity index (χ1v) is 17.6. The van der Waals surface area contributed by atoms with Crippen molar-refractivity contribution in [2.75, 3.05) is 14.1 Å². The molecule has 0 aliphatic rings. The summed E-state index contributed by atoms with van der Waals surface area (Å²) < 4.78 is 0. The predicted octanol–water partition coefficient (Wildman–Crippen LogP) is 11.4. The first-order chi connectivity index (χ1) is 18.9. The zero-order valence-corrected chi connectivity index (χ0v) is 27.6. The van der Waals surface area contributed by atoms with Gasteiger partial charge in [0.05, 0.1) is 0 Å². The highest BCUT2D eigenvalue weighted by molar-refractivity contribution is 6.11. The minimum Gasteiger partial charge on any atom is -0.297 e. The maximum absolute atomic E-state index is 13.1. The summed E-state index contributed by atoms with van der Waals surface area (Å²) in [5.41, 5.74) is -0.950. The Balaban J connectivity index is 3.87. The number of hydrogen-bond donors (Lipinski definition) is 0. The highest BCUT2D eigenvalue weighted by atomic mass is 16.2. The van der Waals surface area contributed by atoms with E-state index in [1.165, 1.54) is 141 Å². The van der Waals surface area contributed by atoms with Crippen molar-refractivity contribution in [2.24, 2.45) is 0 Å². The fourth-order valence-electron chi connectivity index (χ4n) is 5.75. The summed E-state index contributed by atoms with van der Waals surface area (Å²) in [6.45, 7) is 6.41. The summed E-state index contributed by atoms with van der Waals surface area (Å²) in [5, 5.41) is 0. The Morgan fingerprint density at radius 3 is 0.821 bits per heavy atom. The molecule has 0 saturated heterocycles. The summed E-state index contributed by atoms with van der Waals surface area (Å²) >= 11 is 0. The highest BCUT2D eigenvalue weighted by Gasteiger charge is 2.41. The van der Waals surface area contributed by atoms with E-state index < -0.39 is 5.54 Å². The van der Waals surface area contributed by atoms with Crippen LogP contribution in [0.15, 0.2) is 0 Å². The minimum atomic E-state index is -0.950. The van der Waals surface area contributed by atoms with Gasteiger partial charge in [-0.2, -0.15) is 0 Å². The molecule has 39 heavy (non-hydrogen) atoms. The SMILES string of the molecule is CCCCCCCCCCCCCCCC(=O)C(C)(C(=O)CCCCCCCCCCCCCCC)N(C)C. The van der Waals surface area contributed by atoms with Crippen LogP contribution in [0, 0.1) is 0 Å². The summed E-state index contributed by atoms with van der Waals surface area (Å²) in [7, 11) is 3.78. The maximum atomic E-state index is 13.1. The smallest absolute Gasteiger partial charge is 0.160 e. The summed E-state index contributed by atoms with van der Waals surface area (Å²) in [5.74, 6) is 0.241. The second kappa shape index (κ2) is 27.5. The standard InChI is InChI=1S/C36H71NO2/c1-6-8-10-12-14-16-18-20-22-24-26-28-30-32-34(38)36(3,37(4)5)35(39)33-31-29-27-25-23-21-19-17-15-13-11-9-7-2/h6-33H2,1-5H3. The van der Waals surface area contributed by atoms with Gasteiger partial charge in [-0.1, -0.05) is 168 Å². The molecule has 0 aliphatic carbocycles. The van der Waals surface area contributed by atoms with Crippen LogP contribution in [-0.4, -0.2) is 36.1 Å². The van der Waals surface area contributed by atoms with Crippen LogP contribution in [0.4, 0.5) is 0 Å². The quantitative estimate of drug-likeness (QED) is 0.0637. The number of unbranched alkanes of at least 4 members (excludes halogenated alkanes) is 24. The Morgan fingerprint density at radius 1 is 0.410 bits per heavy atom. The minimum absolute atomic E-state index is 0.121. The molecule has 0 saturated carbocycles. The first-order valence-electron chi connectivity index (χ1n) is 17.6.